The van der Waals surface area contributed by atoms with Gasteiger partial charge >= 0.3 is 6.09 Å². The molecular formula is C25H41N3O4. The van der Waals surface area contributed by atoms with Crippen molar-refractivity contribution in [2.45, 2.75) is 98.4 Å². The van der Waals surface area contributed by atoms with Crippen molar-refractivity contribution in [3.05, 3.63) is 35.4 Å². The van der Waals surface area contributed by atoms with Gasteiger partial charge < -0.3 is 20.3 Å². The Hall–Kier alpha value is -2.57. The van der Waals surface area contributed by atoms with Crippen LogP contribution in [0.4, 0.5) is 4.79 Å². The molecule has 1 aromatic carbocycles. The molecule has 0 fully saturated rings. The molecule has 1 aromatic rings. The molecule has 2 N–H and O–H groups in total. The van der Waals surface area contributed by atoms with E-state index in [0.717, 1.165) is 24.0 Å². The second-order valence-electron chi connectivity index (χ2n) is 9.27. The van der Waals surface area contributed by atoms with Crippen LogP contribution in [0.3, 0.4) is 0 Å². The van der Waals surface area contributed by atoms with E-state index in [4.69, 9.17) is 4.74 Å². The lowest BCUT2D eigenvalue weighted by Gasteiger charge is -2.38. The third-order valence-corrected chi connectivity index (χ3v) is 5.26. The number of carbonyl (C=O) groups excluding carboxylic acids is 3. The summed E-state index contributed by atoms with van der Waals surface area (Å²) in [5.41, 5.74) is 1.03. The van der Waals surface area contributed by atoms with Crippen molar-refractivity contribution in [3.63, 3.8) is 0 Å². The van der Waals surface area contributed by atoms with Crippen LogP contribution in [0.1, 0.15) is 84.9 Å². The minimum atomic E-state index is -0.853. The highest BCUT2D eigenvalue weighted by Gasteiger charge is 2.37. The Labute approximate surface area is 193 Å². The minimum Gasteiger partial charge on any atom is -0.444 e. The zero-order valence-electron chi connectivity index (χ0n) is 21.0. The number of nitrogens with zero attached hydrogens (tertiary/aromatic N) is 1. The topological polar surface area (TPSA) is 87.7 Å². The summed E-state index contributed by atoms with van der Waals surface area (Å²) in [5, 5.41) is 5.61. The fraction of sp³-hybridized carbons (Fsp3) is 0.640. The van der Waals surface area contributed by atoms with Gasteiger partial charge in [0.25, 0.3) is 0 Å². The van der Waals surface area contributed by atoms with Gasteiger partial charge in [-0.1, -0.05) is 44.5 Å². The molecule has 0 saturated heterocycles. The van der Waals surface area contributed by atoms with Crippen LogP contribution in [0.5, 0.6) is 0 Å². The maximum Gasteiger partial charge on any atom is 0.408 e. The Balaban J connectivity index is 3.31. The Morgan fingerprint density at radius 3 is 2.25 bits per heavy atom. The lowest BCUT2D eigenvalue weighted by atomic mass is 9.96. The van der Waals surface area contributed by atoms with Crippen molar-refractivity contribution in [1.29, 1.82) is 0 Å². The number of alkyl carbamates (subject to hydrolysis) is 1. The SMILES string of the molecule is CCCCNC(=O)C(c1ccccc1C)N(C(=O)C(C)NC(=O)OC(C)(C)C)C(C)CC. The molecule has 0 radical (unpaired) electrons. The lowest BCUT2D eigenvalue weighted by molar-refractivity contribution is -0.144. The van der Waals surface area contributed by atoms with Crippen LogP contribution in [0, 0.1) is 6.92 Å². The van der Waals surface area contributed by atoms with Gasteiger partial charge in [-0.05, 0) is 65.5 Å². The standard InChI is InChI=1S/C25H41N3O4/c1-9-11-16-26-22(29)21(20-15-13-12-14-17(20)3)28(18(4)10-2)23(30)19(5)27-24(31)32-25(6,7)8/h12-15,18-19,21H,9-11,16H2,1-8H3,(H,26,29)(H,27,31). The van der Waals surface area contributed by atoms with Gasteiger partial charge in [0.05, 0.1) is 0 Å². The van der Waals surface area contributed by atoms with Crippen molar-refractivity contribution in [2.24, 2.45) is 0 Å². The van der Waals surface area contributed by atoms with E-state index in [1.807, 2.05) is 45.0 Å². The summed E-state index contributed by atoms with van der Waals surface area (Å²) in [7, 11) is 0. The van der Waals surface area contributed by atoms with Crippen molar-refractivity contribution in [1.82, 2.24) is 15.5 Å². The Kier molecular flexibility index (Phi) is 10.7. The summed E-state index contributed by atoms with van der Waals surface area (Å²) in [6.07, 6.45) is 1.82. The third kappa shape index (κ3) is 8.17. The number of aryl methyl sites for hydroxylation is 1. The number of rotatable bonds is 10. The van der Waals surface area contributed by atoms with Crippen LogP contribution in [-0.2, 0) is 14.3 Å². The molecule has 0 heterocycles. The second-order valence-corrected chi connectivity index (χ2v) is 9.27. The molecular weight excluding hydrogens is 406 g/mol. The molecule has 3 amide bonds. The number of carbonyl (C=O) groups is 3. The van der Waals surface area contributed by atoms with E-state index >= 15 is 0 Å². The third-order valence-electron chi connectivity index (χ3n) is 5.26. The van der Waals surface area contributed by atoms with Crippen LogP contribution < -0.4 is 10.6 Å². The number of hydrogen-bond donors (Lipinski definition) is 2. The van der Waals surface area contributed by atoms with E-state index in [1.54, 1.807) is 32.6 Å². The number of ether oxygens (including phenoxy) is 1. The van der Waals surface area contributed by atoms with E-state index < -0.39 is 23.8 Å². The fourth-order valence-electron chi connectivity index (χ4n) is 3.36. The summed E-state index contributed by atoms with van der Waals surface area (Å²) in [5.74, 6) is -0.546. The van der Waals surface area contributed by atoms with E-state index in [2.05, 4.69) is 17.6 Å². The molecule has 0 aliphatic carbocycles. The highest BCUT2D eigenvalue weighted by atomic mass is 16.6. The van der Waals surface area contributed by atoms with Crippen LogP contribution in [0.15, 0.2) is 24.3 Å². The molecule has 0 aliphatic rings. The summed E-state index contributed by atoms with van der Waals surface area (Å²) >= 11 is 0. The number of hydrogen-bond acceptors (Lipinski definition) is 4. The molecule has 0 saturated carbocycles. The highest BCUT2D eigenvalue weighted by molar-refractivity contribution is 5.92. The van der Waals surface area contributed by atoms with Crippen molar-refractivity contribution in [2.75, 3.05) is 6.54 Å². The van der Waals surface area contributed by atoms with Crippen LogP contribution in [-0.4, -0.2) is 47.0 Å². The van der Waals surface area contributed by atoms with Gasteiger partial charge in [-0.25, -0.2) is 4.79 Å². The first kappa shape index (κ1) is 27.5. The first-order valence-electron chi connectivity index (χ1n) is 11.6. The van der Waals surface area contributed by atoms with Gasteiger partial charge in [-0.3, -0.25) is 9.59 Å². The molecule has 0 aromatic heterocycles. The number of amides is 3. The highest BCUT2D eigenvalue weighted by Crippen LogP contribution is 2.28. The first-order valence-corrected chi connectivity index (χ1v) is 11.6. The molecule has 0 spiro atoms. The largest absolute Gasteiger partial charge is 0.444 e. The molecule has 180 valence electrons. The molecule has 3 unspecified atom stereocenters. The Morgan fingerprint density at radius 1 is 1.09 bits per heavy atom. The van der Waals surface area contributed by atoms with Gasteiger partial charge in [-0.15, -0.1) is 0 Å². The van der Waals surface area contributed by atoms with Gasteiger partial charge in [0.2, 0.25) is 11.8 Å². The van der Waals surface area contributed by atoms with Crippen LogP contribution >= 0.6 is 0 Å². The predicted molar refractivity (Wildman–Crippen MR) is 127 cm³/mol. The molecule has 3 atom stereocenters. The maximum absolute atomic E-state index is 13.6. The molecule has 1 rings (SSSR count). The van der Waals surface area contributed by atoms with Gasteiger partial charge in [-0.2, -0.15) is 0 Å². The first-order chi connectivity index (χ1) is 14.9. The Morgan fingerprint density at radius 2 is 1.72 bits per heavy atom. The van der Waals surface area contributed by atoms with Gasteiger partial charge in [0.1, 0.15) is 17.7 Å². The van der Waals surface area contributed by atoms with Crippen molar-refractivity contribution < 1.29 is 19.1 Å². The predicted octanol–water partition coefficient (Wildman–Crippen LogP) is 4.49. The Bertz CT molecular complexity index is 773. The van der Waals surface area contributed by atoms with Gasteiger partial charge in [0, 0.05) is 12.6 Å². The maximum atomic E-state index is 13.6. The van der Waals surface area contributed by atoms with Crippen LogP contribution in [0.2, 0.25) is 0 Å². The van der Waals surface area contributed by atoms with E-state index in [9.17, 15) is 14.4 Å². The van der Waals surface area contributed by atoms with Crippen molar-refractivity contribution in [3.8, 4) is 0 Å². The number of benzene rings is 1. The number of unbranched alkanes of at least 4 members (excludes halogenated alkanes) is 1. The molecule has 7 nitrogen and oxygen atoms in total. The van der Waals surface area contributed by atoms with Crippen molar-refractivity contribution >= 4 is 17.9 Å². The normalized spacial score (nSPS) is 14.1. The van der Waals surface area contributed by atoms with E-state index in [0.29, 0.717) is 13.0 Å². The average molecular weight is 448 g/mol. The minimum absolute atomic E-state index is 0.216. The fourth-order valence-corrected chi connectivity index (χ4v) is 3.36. The smallest absolute Gasteiger partial charge is 0.408 e. The van der Waals surface area contributed by atoms with E-state index in [-0.39, 0.29) is 17.9 Å². The lowest BCUT2D eigenvalue weighted by Crippen LogP contribution is -2.54. The molecule has 7 heteroatoms. The zero-order chi connectivity index (χ0) is 24.5. The summed E-state index contributed by atoms with van der Waals surface area (Å²) in [6, 6.07) is 5.74. The van der Waals surface area contributed by atoms with Gasteiger partial charge in [0.15, 0.2) is 0 Å². The average Bonchev–Trinajstić information content (AvgIpc) is 2.70. The quantitative estimate of drug-likeness (QED) is 0.517. The molecule has 32 heavy (non-hydrogen) atoms. The zero-order valence-corrected chi connectivity index (χ0v) is 21.0. The summed E-state index contributed by atoms with van der Waals surface area (Å²) in [6.45, 7) is 15.3. The molecule has 0 bridgehead atoms. The second kappa shape index (κ2) is 12.5. The number of nitrogens with one attached hydrogen (secondary N) is 2. The summed E-state index contributed by atoms with van der Waals surface area (Å²) in [4.78, 5) is 40.8. The summed E-state index contributed by atoms with van der Waals surface area (Å²) < 4.78 is 5.30. The monoisotopic (exact) mass is 447 g/mol. The van der Waals surface area contributed by atoms with Crippen LogP contribution in [0.25, 0.3) is 0 Å². The van der Waals surface area contributed by atoms with E-state index in [1.165, 1.54) is 0 Å². The molecule has 0 aliphatic heterocycles.